The van der Waals surface area contributed by atoms with E-state index in [0.29, 0.717) is 19.5 Å². The number of nitrogens with one attached hydrogen (secondary N) is 1. The van der Waals surface area contributed by atoms with Gasteiger partial charge in [0.15, 0.2) is 5.96 Å². The van der Waals surface area contributed by atoms with E-state index in [1.54, 1.807) is 0 Å². The second-order valence-electron chi connectivity index (χ2n) is 7.89. The summed E-state index contributed by atoms with van der Waals surface area (Å²) in [5.41, 5.74) is 1.12. The van der Waals surface area contributed by atoms with Crippen LogP contribution in [0.1, 0.15) is 25.3 Å². The molecule has 0 aliphatic carbocycles. The molecule has 2 aliphatic rings. The number of aliphatic hydroxyl groups is 1. The largest absolute Gasteiger partial charge is 0.391 e. The van der Waals surface area contributed by atoms with Crippen LogP contribution in [-0.2, 0) is 11.2 Å². The third-order valence-electron chi connectivity index (χ3n) is 5.59. The van der Waals surface area contributed by atoms with E-state index in [1.807, 2.05) is 35.2 Å². The second-order valence-corrected chi connectivity index (χ2v) is 7.89. The molecule has 7 nitrogen and oxygen atoms in total. The van der Waals surface area contributed by atoms with E-state index in [2.05, 4.69) is 27.0 Å². The lowest BCUT2D eigenvalue weighted by Gasteiger charge is -2.36. The first-order valence-electron chi connectivity index (χ1n) is 10.9. The standard InChI is InChI=1S/C22H35N5O2/c1-2-23-22(24-17-20(28)16-19-8-4-3-5-9-19)27-14-12-25(13-15-27)18-21(29)26-10-6-7-11-26/h3-5,8-9,20,28H,2,6-7,10-18H2,1H3,(H,23,24). The number of piperazine rings is 1. The van der Waals surface area contributed by atoms with Gasteiger partial charge in [-0.05, 0) is 25.3 Å². The molecule has 2 saturated heterocycles. The number of guanidine groups is 1. The van der Waals surface area contributed by atoms with Gasteiger partial charge < -0.3 is 20.2 Å². The van der Waals surface area contributed by atoms with Crippen LogP contribution < -0.4 is 5.32 Å². The number of hydrogen-bond acceptors (Lipinski definition) is 4. The van der Waals surface area contributed by atoms with Crippen LogP contribution in [0.15, 0.2) is 35.3 Å². The van der Waals surface area contributed by atoms with Crippen LogP contribution in [0.4, 0.5) is 0 Å². The van der Waals surface area contributed by atoms with E-state index >= 15 is 0 Å². The van der Waals surface area contributed by atoms with Gasteiger partial charge in [-0.1, -0.05) is 30.3 Å². The summed E-state index contributed by atoms with van der Waals surface area (Å²) in [5.74, 6) is 1.12. The summed E-state index contributed by atoms with van der Waals surface area (Å²) < 4.78 is 0. The number of carbonyl (C=O) groups is 1. The van der Waals surface area contributed by atoms with Gasteiger partial charge in [0, 0.05) is 52.2 Å². The first kappa shape index (κ1) is 21.6. The Kier molecular flexibility index (Phi) is 8.31. The Labute approximate surface area is 174 Å². The van der Waals surface area contributed by atoms with E-state index in [-0.39, 0.29) is 5.91 Å². The van der Waals surface area contributed by atoms with Crippen molar-refractivity contribution in [2.75, 3.05) is 58.9 Å². The fourth-order valence-electron chi connectivity index (χ4n) is 3.94. The number of rotatable bonds is 7. The number of likely N-dealkylation sites (tertiary alicyclic amines) is 1. The molecular weight excluding hydrogens is 366 g/mol. The second kappa shape index (κ2) is 11.2. The zero-order valence-corrected chi connectivity index (χ0v) is 17.6. The Morgan fingerprint density at radius 1 is 1.07 bits per heavy atom. The summed E-state index contributed by atoms with van der Waals surface area (Å²) in [6.45, 7) is 8.99. The Balaban J connectivity index is 1.46. The Bertz CT molecular complexity index is 652. The molecule has 1 unspecified atom stereocenters. The van der Waals surface area contributed by atoms with Gasteiger partial charge in [0.05, 0.1) is 19.2 Å². The Morgan fingerprint density at radius 3 is 2.41 bits per heavy atom. The minimum atomic E-state index is -0.495. The van der Waals surface area contributed by atoms with Gasteiger partial charge in [0.1, 0.15) is 0 Å². The molecule has 2 N–H and O–H groups in total. The predicted octanol–water partition coefficient (Wildman–Crippen LogP) is 0.796. The quantitative estimate of drug-likeness (QED) is 0.522. The van der Waals surface area contributed by atoms with Crippen LogP contribution in [0.5, 0.6) is 0 Å². The lowest BCUT2D eigenvalue weighted by molar-refractivity contribution is -0.131. The molecule has 0 aromatic heterocycles. The van der Waals surface area contributed by atoms with Gasteiger partial charge in [0.2, 0.25) is 5.91 Å². The molecule has 29 heavy (non-hydrogen) atoms. The van der Waals surface area contributed by atoms with E-state index in [0.717, 1.165) is 70.2 Å². The van der Waals surface area contributed by atoms with Gasteiger partial charge in [-0.15, -0.1) is 0 Å². The van der Waals surface area contributed by atoms with Crippen LogP contribution in [0.3, 0.4) is 0 Å². The third-order valence-corrected chi connectivity index (χ3v) is 5.59. The average Bonchev–Trinajstić information content (AvgIpc) is 3.28. The normalized spacial score (nSPS) is 19.4. The number of nitrogens with zero attached hydrogens (tertiary/aromatic N) is 4. The van der Waals surface area contributed by atoms with Crippen molar-refractivity contribution in [1.29, 1.82) is 0 Å². The maximum atomic E-state index is 12.4. The molecule has 0 saturated carbocycles. The molecular formula is C22H35N5O2. The molecule has 3 rings (SSSR count). The third kappa shape index (κ3) is 6.72. The Hall–Kier alpha value is -2.12. The van der Waals surface area contributed by atoms with E-state index in [4.69, 9.17) is 0 Å². The summed E-state index contributed by atoms with van der Waals surface area (Å²) in [6.07, 6.45) is 2.39. The minimum Gasteiger partial charge on any atom is -0.391 e. The molecule has 0 spiro atoms. The molecule has 1 aromatic rings. The zero-order chi connectivity index (χ0) is 20.5. The lowest BCUT2D eigenvalue weighted by atomic mass is 10.1. The minimum absolute atomic E-state index is 0.264. The molecule has 1 aromatic carbocycles. The molecule has 2 heterocycles. The molecule has 1 amide bonds. The van der Waals surface area contributed by atoms with Crippen molar-refractivity contribution in [1.82, 2.24) is 20.0 Å². The first-order valence-corrected chi connectivity index (χ1v) is 10.9. The van der Waals surface area contributed by atoms with Crippen LogP contribution in [-0.4, -0.2) is 96.7 Å². The summed E-state index contributed by atoms with van der Waals surface area (Å²) in [4.78, 5) is 23.5. The van der Waals surface area contributed by atoms with E-state index < -0.39 is 6.10 Å². The van der Waals surface area contributed by atoms with Crippen molar-refractivity contribution in [3.05, 3.63) is 35.9 Å². The van der Waals surface area contributed by atoms with Crippen molar-refractivity contribution in [3.8, 4) is 0 Å². The summed E-state index contributed by atoms with van der Waals surface area (Å²) >= 11 is 0. The number of aliphatic hydroxyl groups excluding tert-OH is 1. The summed E-state index contributed by atoms with van der Waals surface area (Å²) in [6, 6.07) is 10.0. The van der Waals surface area contributed by atoms with Crippen LogP contribution in [0, 0.1) is 0 Å². The molecule has 7 heteroatoms. The number of hydrogen-bond donors (Lipinski definition) is 2. The molecule has 2 aliphatic heterocycles. The number of aliphatic imine (C=N–C) groups is 1. The maximum Gasteiger partial charge on any atom is 0.236 e. The van der Waals surface area contributed by atoms with Gasteiger partial charge in [0.25, 0.3) is 0 Å². The fourth-order valence-corrected chi connectivity index (χ4v) is 3.94. The van der Waals surface area contributed by atoms with E-state index in [1.165, 1.54) is 0 Å². The first-order chi connectivity index (χ1) is 14.2. The van der Waals surface area contributed by atoms with Gasteiger partial charge in [-0.2, -0.15) is 0 Å². The highest BCUT2D eigenvalue weighted by atomic mass is 16.3. The predicted molar refractivity (Wildman–Crippen MR) is 116 cm³/mol. The lowest BCUT2D eigenvalue weighted by Crippen LogP contribution is -2.54. The SMILES string of the molecule is CCNC(=NCC(O)Cc1ccccc1)N1CCN(CC(=O)N2CCCC2)CC1. The van der Waals surface area contributed by atoms with Crippen molar-refractivity contribution in [2.45, 2.75) is 32.3 Å². The highest BCUT2D eigenvalue weighted by molar-refractivity contribution is 5.80. The highest BCUT2D eigenvalue weighted by Crippen LogP contribution is 2.10. The summed E-state index contributed by atoms with van der Waals surface area (Å²) in [5, 5.41) is 13.7. The monoisotopic (exact) mass is 401 g/mol. The zero-order valence-electron chi connectivity index (χ0n) is 17.6. The molecule has 160 valence electrons. The van der Waals surface area contributed by atoms with Crippen molar-refractivity contribution in [3.63, 3.8) is 0 Å². The maximum absolute atomic E-state index is 12.4. The van der Waals surface area contributed by atoms with Gasteiger partial charge in [-0.25, -0.2) is 0 Å². The number of amides is 1. The molecule has 0 bridgehead atoms. The number of benzene rings is 1. The van der Waals surface area contributed by atoms with Gasteiger partial charge >= 0.3 is 0 Å². The summed E-state index contributed by atoms with van der Waals surface area (Å²) in [7, 11) is 0. The smallest absolute Gasteiger partial charge is 0.236 e. The number of carbonyl (C=O) groups excluding carboxylic acids is 1. The topological polar surface area (TPSA) is 71.4 Å². The van der Waals surface area contributed by atoms with Crippen LogP contribution >= 0.6 is 0 Å². The highest BCUT2D eigenvalue weighted by Gasteiger charge is 2.24. The van der Waals surface area contributed by atoms with Crippen LogP contribution in [0.2, 0.25) is 0 Å². The van der Waals surface area contributed by atoms with Crippen molar-refractivity contribution < 1.29 is 9.90 Å². The molecule has 1 atom stereocenters. The van der Waals surface area contributed by atoms with Crippen LogP contribution in [0.25, 0.3) is 0 Å². The van der Waals surface area contributed by atoms with Gasteiger partial charge in [-0.3, -0.25) is 14.7 Å². The fraction of sp³-hybridized carbons (Fsp3) is 0.636. The average molecular weight is 402 g/mol. The van der Waals surface area contributed by atoms with Crippen molar-refractivity contribution in [2.24, 2.45) is 4.99 Å². The Morgan fingerprint density at radius 2 is 1.76 bits per heavy atom. The molecule has 0 radical (unpaired) electrons. The molecule has 2 fully saturated rings. The van der Waals surface area contributed by atoms with Crippen molar-refractivity contribution >= 4 is 11.9 Å². The van der Waals surface area contributed by atoms with E-state index in [9.17, 15) is 9.90 Å².